The Hall–Kier alpha value is -1.66. The van der Waals surface area contributed by atoms with Crippen molar-refractivity contribution in [2.75, 3.05) is 31.5 Å². The molecule has 1 aliphatic rings. The fourth-order valence-corrected chi connectivity index (χ4v) is 3.42. The molecular weight excluding hydrogens is 284 g/mol. The predicted molar refractivity (Wildman–Crippen MR) is 86.7 cm³/mol. The van der Waals surface area contributed by atoms with Crippen molar-refractivity contribution in [2.45, 2.75) is 12.8 Å². The van der Waals surface area contributed by atoms with Gasteiger partial charge in [0.2, 0.25) is 5.91 Å². The molecule has 2 aromatic rings. The van der Waals surface area contributed by atoms with Gasteiger partial charge in [-0.3, -0.25) is 4.79 Å². The molecule has 0 radical (unpaired) electrons. The summed E-state index contributed by atoms with van der Waals surface area (Å²) in [4.78, 5) is 16.5. The first-order valence-electron chi connectivity index (χ1n) is 7.41. The molecule has 1 aromatic heterocycles. The normalized spacial score (nSPS) is 16.0. The first-order valence-corrected chi connectivity index (χ1v) is 8.22. The van der Waals surface area contributed by atoms with Gasteiger partial charge in [0.1, 0.15) is 0 Å². The number of para-hydroxylation sites is 1. The van der Waals surface area contributed by atoms with Crippen LogP contribution in [0, 0.1) is 5.92 Å². The van der Waals surface area contributed by atoms with E-state index in [1.54, 1.807) is 11.3 Å². The van der Waals surface area contributed by atoms with E-state index in [9.17, 15) is 4.79 Å². The highest BCUT2D eigenvalue weighted by atomic mass is 32.1. The summed E-state index contributed by atoms with van der Waals surface area (Å²) in [6, 6.07) is 8.08. The molecule has 0 saturated carbocycles. The number of anilines is 1. The number of thiazole rings is 1. The van der Waals surface area contributed by atoms with Crippen molar-refractivity contribution in [3.8, 4) is 0 Å². The number of rotatable bonds is 5. The summed E-state index contributed by atoms with van der Waals surface area (Å²) in [6.45, 7) is 3.24. The van der Waals surface area contributed by atoms with Crippen LogP contribution in [0.25, 0.3) is 10.2 Å². The van der Waals surface area contributed by atoms with Gasteiger partial charge in [0.05, 0.1) is 10.2 Å². The van der Waals surface area contributed by atoms with E-state index >= 15 is 0 Å². The minimum atomic E-state index is 0.175. The van der Waals surface area contributed by atoms with E-state index in [1.165, 1.54) is 4.70 Å². The van der Waals surface area contributed by atoms with Crippen LogP contribution in [-0.2, 0) is 4.79 Å². The zero-order valence-electron chi connectivity index (χ0n) is 11.9. The summed E-state index contributed by atoms with van der Waals surface area (Å²) in [5.74, 6) is 0.358. The van der Waals surface area contributed by atoms with Gasteiger partial charge in [-0.05, 0) is 38.1 Å². The van der Waals surface area contributed by atoms with E-state index in [0.717, 1.165) is 36.6 Å². The quantitative estimate of drug-likeness (QED) is 0.737. The molecule has 112 valence electrons. The third-order valence-corrected chi connectivity index (χ3v) is 4.70. The highest BCUT2D eigenvalue weighted by molar-refractivity contribution is 7.22. The molecule has 1 aromatic carbocycles. The maximum absolute atomic E-state index is 12.0. The highest BCUT2D eigenvalue weighted by Gasteiger charge is 2.20. The number of amides is 1. The zero-order valence-corrected chi connectivity index (χ0v) is 12.7. The van der Waals surface area contributed by atoms with Gasteiger partial charge in [0, 0.05) is 19.0 Å². The van der Waals surface area contributed by atoms with Gasteiger partial charge in [-0.2, -0.15) is 0 Å². The molecule has 1 amide bonds. The zero-order chi connectivity index (χ0) is 14.5. The second-order valence-corrected chi connectivity index (χ2v) is 6.26. The molecule has 0 aliphatic carbocycles. The summed E-state index contributed by atoms with van der Waals surface area (Å²) in [5.41, 5.74) is 1.02. The largest absolute Gasteiger partial charge is 0.360 e. The number of carbonyl (C=O) groups excluding carboxylic acids is 1. The average Bonchev–Trinajstić information content (AvgIpc) is 2.95. The lowest BCUT2D eigenvalue weighted by Crippen LogP contribution is -2.39. The van der Waals surface area contributed by atoms with Crippen molar-refractivity contribution in [3.63, 3.8) is 0 Å². The van der Waals surface area contributed by atoms with Gasteiger partial charge in [-0.25, -0.2) is 4.98 Å². The fourth-order valence-electron chi connectivity index (χ4n) is 2.53. The van der Waals surface area contributed by atoms with Gasteiger partial charge in [-0.1, -0.05) is 23.5 Å². The smallest absolute Gasteiger partial charge is 0.223 e. The van der Waals surface area contributed by atoms with Crippen LogP contribution < -0.4 is 16.0 Å². The van der Waals surface area contributed by atoms with E-state index in [2.05, 4.69) is 27.0 Å². The Balaban J connectivity index is 1.42. The minimum absolute atomic E-state index is 0.175. The maximum Gasteiger partial charge on any atom is 0.223 e. The lowest BCUT2D eigenvalue weighted by molar-refractivity contribution is -0.125. The Kier molecular flexibility index (Phi) is 4.67. The van der Waals surface area contributed by atoms with E-state index < -0.39 is 0 Å². The van der Waals surface area contributed by atoms with E-state index in [-0.39, 0.29) is 11.8 Å². The Morgan fingerprint density at radius 2 is 2.10 bits per heavy atom. The van der Waals surface area contributed by atoms with Crippen LogP contribution in [0.4, 0.5) is 5.13 Å². The first-order chi connectivity index (χ1) is 10.3. The summed E-state index contributed by atoms with van der Waals surface area (Å²) < 4.78 is 1.18. The van der Waals surface area contributed by atoms with Crippen LogP contribution in [0.1, 0.15) is 12.8 Å². The molecule has 21 heavy (non-hydrogen) atoms. The minimum Gasteiger partial charge on any atom is -0.360 e. The van der Waals surface area contributed by atoms with Gasteiger partial charge in [0.15, 0.2) is 5.13 Å². The highest BCUT2D eigenvalue weighted by Crippen LogP contribution is 2.24. The van der Waals surface area contributed by atoms with Crippen molar-refractivity contribution in [1.82, 2.24) is 15.6 Å². The molecule has 6 heteroatoms. The number of nitrogens with zero attached hydrogens (tertiary/aromatic N) is 1. The van der Waals surface area contributed by atoms with Crippen LogP contribution in [0.2, 0.25) is 0 Å². The van der Waals surface area contributed by atoms with Crippen LogP contribution >= 0.6 is 11.3 Å². The molecule has 3 N–H and O–H groups in total. The number of nitrogens with one attached hydrogen (secondary N) is 3. The number of hydrogen-bond donors (Lipinski definition) is 3. The fraction of sp³-hybridized carbons (Fsp3) is 0.467. The Morgan fingerprint density at radius 3 is 2.90 bits per heavy atom. The monoisotopic (exact) mass is 304 g/mol. The van der Waals surface area contributed by atoms with Gasteiger partial charge in [0.25, 0.3) is 0 Å². The summed E-state index contributed by atoms with van der Waals surface area (Å²) in [5, 5.41) is 10.5. The molecule has 5 nitrogen and oxygen atoms in total. The first kappa shape index (κ1) is 14.3. The van der Waals surface area contributed by atoms with Crippen molar-refractivity contribution in [1.29, 1.82) is 0 Å². The van der Waals surface area contributed by atoms with Crippen LogP contribution in [0.3, 0.4) is 0 Å². The number of hydrogen-bond acceptors (Lipinski definition) is 5. The third-order valence-electron chi connectivity index (χ3n) is 3.70. The number of benzene rings is 1. The Labute approximate surface area is 128 Å². The second kappa shape index (κ2) is 6.87. The molecule has 0 bridgehead atoms. The van der Waals surface area contributed by atoms with Crippen molar-refractivity contribution >= 4 is 32.6 Å². The predicted octanol–water partition coefficient (Wildman–Crippen LogP) is 1.82. The van der Waals surface area contributed by atoms with Crippen LogP contribution in [0.5, 0.6) is 0 Å². The number of fused-ring (bicyclic) bond motifs is 1. The molecule has 2 heterocycles. The van der Waals surface area contributed by atoms with Gasteiger partial charge < -0.3 is 16.0 Å². The Morgan fingerprint density at radius 1 is 1.29 bits per heavy atom. The lowest BCUT2D eigenvalue weighted by atomic mass is 9.97. The number of aromatic nitrogens is 1. The molecule has 1 saturated heterocycles. The Bertz CT molecular complexity index is 573. The van der Waals surface area contributed by atoms with Crippen molar-refractivity contribution in [3.05, 3.63) is 24.3 Å². The standard InChI is InChI=1S/C15H20N4OS/c20-14(11-5-7-16-8-6-11)17-9-10-18-15-19-12-3-1-2-4-13(12)21-15/h1-4,11,16H,5-10H2,(H,17,20)(H,18,19). The van der Waals surface area contributed by atoms with Crippen LogP contribution in [-0.4, -0.2) is 37.1 Å². The van der Waals surface area contributed by atoms with Gasteiger partial charge in [-0.15, -0.1) is 0 Å². The topological polar surface area (TPSA) is 66.0 Å². The third kappa shape index (κ3) is 3.71. The molecule has 1 aliphatic heterocycles. The molecule has 1 fully saturated rings. The molecule has 3 rings (SSSR count). The van der Waals surface area contributed by atoms with Gasteiger partial charge >= 0.3 is 0 Å². The lowest BCUT2D eigenvalue weighted by Gasteiger charge is -2.21. The van der Waals surface area contributed by atoms with E-state index in [1.807, 2.05) is 18.2 Å². The van der Waals surface area contributed by atoms with E-state index in [0.29, 0.717) is 13.1 Å². The molecule has 0 spiro atoms. The number of piperidine rings is 1. The van der Waals surface area contributed by atoms with Crippen LogP contribution in [0.15, 0.2) is 24.3 Å². The van der Waals surface area contributed by atoms with Crippen molar-refractivity contribution in [2.24, 2.45) is 5.92 Å². The summed E-state index contributed by atoms with van der Waals surface area (Å²) in [6.07, 6.45) is 1.88. The summed E-state index contributed by atoms with van der Waals surface area (Å²) in [7, 11) is 0. The van der Waals surface area contributed by atoms with Crippen molar-refractivity contribution < 1.29 is 4.79 Å². The maximum atomic E-state index is 12.0. The molecule has 0 atom stereocenters. The molecule has 0 unspecified atom stereocenters. The second-order valence-electron chi connectivity index (χ2n) is 5.23. The number of carbonyl (C=O) groups is 1. The SMILES string of the molecule is O=C(NCCNc1nc2ccccc2s1)C1CCNCC1. The molecular formula is C15H20N4OS. The van der Waals surface area contributed by atoms with E-state index in [4.69, 9.17) is 0 Å². The summed E-state index contributed by atoms with van der Waals surface area (Å²) >= 11 is 1.64. The average molecular weight is 304 g/mol.